The lowest BCUT2D eigenvalue weighted by Crippen LogP contribution is -2.17. The van der Waals surface area contributed by atoms with Crippen LogP contribution in [0.5, 0.6) is 5.88 Å². The van der Waals surface area contributed by atoms with Gasteiger partial charge in [0, 0.05) is 16.7 Å². The zero-order valence-electron chi connectivity index (χ0n) is 9.80. The smallest absolute Gasteiger partial charge is 0.213 e. The van der Waals surface area contributed by atoms with Crippen molar-refractivity contribution in [3.05, 3.63) is 22.3 Å². The van der Waals surface area contributed by atoms with Crippen molar-refractivity contribution in [2.45, 2.75) is 39.0 Å². The number of aromatic nitrogens is 1. The molecule has 1 aromatic rings. The minimum absolute atomic E-state index is 0.157. The maximum Gasteiger partial charge on any atom is 0.213 e. The van der Waals surface area contributed by atoms with Gasteiger partial charge in [0.2, 0.25) is 5.88 Å². The number of methoxy groups -OCH3 is 1. The van der Waals surface area contributed by atoms with Gasteiger partial charge in [0.1, 0.15) is 0 Å². The van der Waals surface area contributed by atoms with Gasteiger partial charge in [-0.2, -0.15) is 0 Å². The van der Waals surface area contributed by atoms with Crippen LogP contribution in [-0.4, -0.2) is 12.1 Å². The zero-order valence-corrected chi connectivity index (χ0v) is 11.4. The third kappa shape index (κ3) is 2.94. The maximum atomic E-state index is 5.15. The van der Waals surface area contributed by atoms with E-state index in [1.807, 2.05) is 12.3 Å². The molecule has 84 valence electrons. The van der Waals surface area contributed by atoms with Crippen molar-refractivity contribution >= 4 is 15.9 Å². The predicted molar refractivity (Wildman–Crippen MR) is 66.4 cm³/mol. The number of pyridine rings is 1. The molecular formula is C12H18BrNO. The van der Waals surface area contributed by atoms with Crippen molar-refractivity contribution < 1.29 is 4.74 Å². The fourth-order valence-corrected chi connectivity index (χ4v) is 2.56. The molecule has 1 heterocycles. The van der Waals surface area contributed by atoms with Crippen LogP contribution in [-0.2, 0) is 5.41 Å². The summed E-state index contributed by atoms with van der Waals surface area (Å²) in [4.78, 5) is 4.16. The Morgan fingerprint density at radius 2 is 2.13 bits per heavy atom. The molecule has 0 atom stereocenters. The molecule has 0 N–H and O–H groups in total. The standard InChI is InChI=1S/C12H18BrNO/c1-5-6-12(2,3)9-7-11(15-4)14-8-10(9)13/h7-8H,5-6H2,1-4H3. The van der Waals surface area contributed by atoms with E-state index in [1.165, 1.54) is 12.0 Å². The maximum absolute atomic E-state index is 5.15. The molecule has 15 heavy (non-hydrogen) atoms. The van der Waals surface area contributed by atoms with E-state index < -0.39 is 0 Å². The molecule has 0 radical (unpaired) electrons. The molecule has 0 aromatic carbocycles. The summed E-state index contributed by atoms with van der Waals surface area (Å²) in [6.45, 7) is 6.69. The Labute approximate surface area is 100 Å². The summed E-state index contributed by atoms with van der Waals surface area (Å²) in [5, 5.41) is 0. The predicted octanol–water partition coefficient (Wildman–Crippen LogP) is 3.93. The van der Waals surface area contributed by atoms with Gasteiger partial charge in [-0.3, -0.25) is 0 Å². The number of rotatable bonds is 4. The molecule has 0 aliphatic carbocycles. The van der Waals surface area contributed by atoms with E-state index in [-0.39, 0.29) is 5.41 Å². The van der Waals surface area contributed by atoms with Crippen molar-refractivity contribution in [3.8, 4) is 5.88 Å². The van der Waals surface area contributed by atoms with E-state index in [2.05, 4.69) is 41.7 Å². The number of hydrogen-bond acceptors (Lipinski definition) is 2. The van der Waals surface area contributed by atoms with Crippen LogP contribution < -0.4 is 4.74 Å². The van der Waals surface area contributed by atoms with Gasteiger partial charge in [-0.05, 0) is 33.3 Å². The van der Waals surface area contributed by atoms with E-state index in [4.69, 9.17) is 4.74 Å². The first kappa shape index (κ1) is 12.5. The molecule has 1 aromatic heterocycles. The van der Waals surface area contributed by atoms with Gasteiger partial charge in [-0.15, -0.1) is 0 Å². The summed E-state index contributed by atoms with van der Waals surface area (Å²) in [6.07, 6.45) is 4.13. The average Bonchev–Trinajstić information content (AvgIpc) is 2.18. The minimum atomic E-state index is 0.157. The van der Waals surface area contributed by atoms with Crippen molar-refractivity contribution in [1.82, 2.24) is 4.98 Å². The highest BCUT2D eigenvalue weighted by Gasteiger charge is 2.22. The quantitative estimate of drug-likeness (QED) is 0.828. The van der Waals surface area contributed by atoms with Crippen molar-refractivity contribution in [1.29, 1.82) is 0 Å². The van der Waals surface area contributed by atoms with E-state index in [0.29, 0.717) is 5.88 Å². The van der Waals surface area contributed by atoms with E-state index in [1.54, 1.807) is 7.11 Å². The van der Waals surface area contributed by atoms with E-state index in [0.717, 1.165) is 10.9 Å². The molecule has 0 saturated heterocycles. The van der Waals surface area contributed by atoms with Gasteiger partial charge in [0.15, 0.2) is 0 Å². The lowest BCUT2D eigenvalue weighted by atomic mass is 9.81. The van der Waals surface area contributed by atoms with Crippen molar-refractivity contribution in [2.75, 3.05) is 7.11 Å². The second kappa shape index (κ2) is 4.97. The summed E-state index contributed by atoms with van der Waals surface area (Å²) >= 11 is 3.55. The fraction of sp³-hybridized carbons (Fsp3) is 0.583. The van der Waals surface area contributed by atoms with Gasteiger partial charge in [0.05, 0.1) is 7.11 Å². The van der Waals surface area contributed by atoms with Crippen LogP contribution in [0.2, 0.25) is 0 Å². The summed E-state index contributed by atoms with van der Waals surface area (Å²) in [5.74, 6) is 0.678. The molecule has 0 aliphatic heterocycles. The monoisotopic (exact) mass is 271 g/mol. The first-order chi connectivity index (χ1) is 7.01. The Hall–Kier alpha value is -0.570. The summed E-state index contributed by atoms with van der Waals surface area (Å²) in [7, 11) is 1.65. The lowest BCUT2D eigenvalue weighted by Gasteiger charge is -2.26. The number of halogens is 1. The zero-order chi connectivity index (χ0) is 11.5. The highest BCUT2D eigenvalue weighted by Crippen LogP contribution is 2.34. The van der Waals surface area contributed by atoms with Crippen molar-refractivity contribution in [2.24, 2.45) is 0 Å². The molecule has 1 rings (SSSR count). The largest absolute Gasteiger partial charge is 0.481 e. The molecule has 0 fully saturated rings. The Bertz CT molecular complexity index is 336. The molecule has 3 heteroatoms. The molecule has 0 spiro atoms. The second-order valence-corrected chi connectivity index (χ2v) is 5.19. The van der Waals surface area contributed by atoms with Gasteiger partial charge < -0.3 is 4.74 Å². The first-order valence-corrected chi connectivity index (χ1v) is 6.00. The van der Waals surface area contributed by atoms with Crippen LogP contribution in [0.15, 0.2) is 16.7 Å². The SMILES string of the molecule is CCCC(C)(C)c1cc(OC)ncc1Br. The van der Waals surface area contributed by atoms with E-state index >= 15 is 0 Å². The lowest BCUT2D eigenvalue weighted by molar-refractivity contribution is 0.392. The third-order valence-electron chi connectivity index (χ3n) is 2.64. The summed E-state index contributed by atoms with van der Waals surface area (Å²) in [5.41, 5.74) is 1.42. The number of ether oxygens (including phenoxy) is 1. The molecule has 0 bridgehead atoms. The van der Waals surface area contributed by atoms with Crippen LogP contribution in [0.1, 0.15) is 39.2 Å². The second-order valence-electron chi connectivity index (χ2n) is 4.34. The molecule has 2 nitrogen and oxygen atoms in total. The van der Waals surface area contributed by atoms with E-state index in [9.17, 15) is 0 Å². The Morgan fingerprint density at radius 1 is 1.47 bits per heavy atom. The molecular weight excluding hydrogens is 254 g/mol. The topological polar surface area (TPSA) is 22.1 Å². The minimum Gasteiger partial charge on any atom is -0.481 e. The molecule has 0 amide bonds. The normalized spacial score (nSPS) is 11.5. The Balaban J connectivity index is 3.11. The van der Waals surface area contributed by atoms with Crippen LogP contribution >= 0.6 is 15.9 Å². The highest BCUT2D eigenvalue weighted by molar-refractivity contribution is 9.10. The average molecular weight is 272 g/mol. The molecule has 0 unspecified atom stereocenters. The number of hydrogen-bond donors (Lipinski definition) is 0. The first-order valence-electron chi connectivity index (χ1n) is 5.21. The van der Waals surface area contributed by atoms with Gasteiger partial charge in [-0.1, -0.05) is 27.2 Å². The van der Waals surface area contributed by atoms with Crippen LogP contribution in [0, 0.1) is 0 Å². The third-order valence-corrected chi connectivity index (χ3v) is 3.28. The van der Waals surface area contributed by atoms with Crippen LogP contribution in [0.3, 0.4) is 0 Å². The van der Waals surface area contributed by atoms with Gasteiger partial charge >= 0.3 is 0 Å². The van der Waals surface area contributed by atoms with Gasteiger partial charge in [0.25, 0.3) is 0 Å². The summed E-state index contributed by atoms with van der Waals surface area (Å²) < 4.78 is 6.21. The Kier molecular flexibility index (Phi) is 4.14. The molecule has 0 saturated carbocycles. The van der Waals surface area contributed by atoms with Crippen LogP contribution in [0.25, 0.3) is 0 Å². The fourth-order valence-electron chi connectivity index (χ4n) is 1.81. The van der Waals surface area contributed by atoms with Crippen molar-refractivity contribution in [3.63, 3.8) is 0 Å². The summed E-state index contributed by atoms with van der Waals surface area (Å²) in [6, 6.07) is 2.01. The van der Waals surface area contributed by atoms with Gasteiger partial charge in [-0.25, -0.2) is 4.98 Å². The molecule has 0 aliphatic rings. The number of nitrogens with zero attached hydrogens (tertiary/aromatic N) is 1. The highest BCUT2D eigenvalue weighted by atomic mass is 79.9. The van der Waals surface area contributed by atoms with Crippen LogP contribution in [0.4, 0.5) is 0 Å². The Morgan fingerprint density at radius 3 is 2.67 bits per heavy atom.